The quantitative estimate of drug-likeness (QED) is 0.873. The van der Waals surface area contributed by atoms with Crippen LogP contribution >= 0.6 is 11.6 Å². The van der Waals surface area contributed by atoms with E-state index in [1.165, 1.54) is 18.2 Å². The number of halogens is 1. The van der Waals surface area contributed by atoms with Gasteiger partial charge in [-0.15, -0.1) is 0 Å². The third kappa shape index (κ3) is 2.39. The van der Waals surface area contributed by atoms with Crippen LogP contribution in [-0.2, 0) is 9.84 Å². The molecule has 1 aromatic carbocycles. The monoisotopic (exact) mass is 234 g/mol. The minimum absolute atomic E-state index is 0.0148. The molecular formula is C9H11ClO3S. The average molecular weight is 235 g/mol. The summed E-state index contributed by atoms with van der Waals surface area (Å²) in [5.41, 5.74) is 0. The fourth-order valence-electron chi connectivity index (χ4n) is 1.12. The molecule has 0 fully saturated rings. The van der Waals surface area contributed by atoms with Crippen molar-refractivity contribution in [3.8, 4) is 5.75 Å². The largest absolute Gasteiger partial charge is 0.507 e. The zero-order chi connectivity index (χ0) is 10.8. The second-order valence-corrected chi connectivity index (χ2v) is 5.44. The number of hydrogen-bond acceptors (Lipinski definition) is 3. The summed E-state index contributed by atoms with van der Waals surface area (Å²) in [4.78, 5) is -0.0909. The van der Waals surface area contributed by atoms with Crippen molar-refractivity contribution in [2.75, 3.05) is 5.75 Å². The van der Waals surface area contributed by atoms with Crippen molar-refractivity contribution in [3.05, 3.63) is 23.2 Å². The van der Waals surface area contributed by atoms with Crippen LogP contribution in [0.2, 0.25) is 5.02 Å². The van der Waals surface area contributed by atoms with E-state index in [1.807, 2.05) is 0 Å². The highest BCUT2D eigenvalue weighted by Crippen LogP contribution is 2.27. The second-order valence-electron chi connectivity index (χ2n) is 2.93. The molecule has 0 aromatic heterocycles. The Kier molecular flexibility index (Phi) is 3.39. The molecule has 0 aliphatic carbocycles. The normalized spacial score (nSPS) is 11.6. The maximum atomic E-state index is 11.6. The SMILES string of the molecule is CCCS(=O)(=O)c1cc(Cl)ccc1O. The molecule has 0 aliphatic heterocycles. The Morgan fingerprint density at radius 2 is 2.07 bits per heavy atom. The Hall–Kier alpha value is -0.740. The molecule has 0 saturated heterocycles. The van der Waals surface area contributed by atoms with Crippen LogP contribution in [0.25, 0.3) is 0 Å². The molecule has 5 heteroatoms. The van der Waals surface area contributed by atoms with Crippen molar-refractivity contribution in [2.45, 2.75) is 18.2 Å². The van der Waals surface area contributed by atoms with Gasteiger partial charge in [-0.25, -0.2) is 8.42 Å². The first-order valence-corrected chi connectivity index (χ1v) is 6.21. The molecule has 1 N–H and O–H groups in total. The summed E-state index contributed by atoms with van der Waals surface area (Å²) in [5, 5.41) is 9.66. The molecule has 0 atom stereocenters. The smallest absolute Gasteiger partial charge is 0.182 e. The highest BCUT2D eigenvalue weighted by Gasteiger charge is 2.17. The standard InChI is InChI=1S/C9H11ClO3S/c1-2-5-14(12,13)9-6-7(10)3-4-8(9)11/h3-4,6,11H,2,5H2,1H3. The van der Waals surface area contributed by atoms with Gasteiger partial charge in [-0.05, 0) is 24.6 Å². The van der Waals surface area contributed by atoms with Gasteiger partial charge in [0.25, 0.3) is 0 Å². The lowest BCUT2D eigenvalue weighted by atomic mass is 10.3. The van der Waals surface area contributed by atoms with Gasteiger partial charge in [-0.3, -0.25) is 0 Å². The maximum Gasteiger partial charge on any atom is 0.182 e. The van der Waals surface area contributed by atoms with Crippen LogP contribution in [0.3, 0.4) is 0 Å². The Morgan fingerprint density at radius 3 is 2.64 bits per heavy atom. The third-order valence-corrected chi connectivity index (χ3v) is 3.91. The van der Waals surface area contributed by atoms with Crippen LogP contribution in [0, 0.1) is 0 Å². The average Bonchev–Trinajstić information content (AvgIpc) is 2.09. The molecular weight excluding hydrogens is 224 g/mol. The Balaban J connectivity index is 3.25. The third-order valence-electron chi connectivity index (χ3n) is 1.73. The summed E-state index contributed by atoms with van der Waals surface area (Å²) < 4.78 is 23.2. The van der Waals surface area contributed by atoms with E-state index in [1.54, 1.807) is 6.92 Å². The first-order valence-electron chi connectivity index (χ1n) is 4.18. The van der Waals surface area contributed by atoms with Crippen molar-refractivity contribution in [3.63, 3.8) is 0 Å². The number of hydrogen-bond donors (Lipinski definition) is 1. The molecule has 1 aromatic rings. The van der Waals surface area contributed by atoms with E-state index >= 15 is 0 Å². The summed E-state index contributed by atoms with van der Waals surface area (Å²) in [5.74, 6) is -0.233. The van der Waals surface area contributed by atoms with Crippen LogP contribution in [0.15, 0.2) is 23.1 Å². The Bertz CT molecular complexity index is 426. The summed E-state index contributed by atoms with van der Waals surface area (Å²) in [6, 6.07) is 3.99. The number of phenolic OH excluding ortho intramolecular Hbond substituents is 1. The van der Waals surface area contributed by atoms with Gasteiger partial charge in [0.05, 0.1) is 5.75 Å². The van der Waals surface area contributed by atoms with Gasteiger partial charge >= 0.3 is 0 Å². The zero-order valence-corrected chi connectivity index (χ0v) is 9.27. The number of benzene rings is 1. The molecule has 0 saturated carbocycles. The number of sulfone groups is 1. The van der Waals surface area contributed by atoms with Crippen LogP contribution < -0.4 is 0 Å². The lowest BCUT2D eigenvalue weighted by Gasteiger charge is -2.05. The lowest BCUT2D eigenvalue weighted by Crippen LogP contribution is -2.05. The van der Waals surface area contributed by atoms with Crippen LogP contribution in [-0.4, -0.2) is 19.3 Å². The minimum Gasteiger partial charge on any atom is -0.507 e. The highest BCUT2D eigenvalue weighted by atomic mass is 35.5. The van der Waals surface area contributed by atoms with E-state index in [0.717, 1.165) is 0 Å². The number of phenols is 1. The van der Waals surface area contributed by atoms with Gasteiger partial charge < -0.3 is 5.11 Å². The lowest BCUT2D eigenvalue weighted by molar-refractivity contribution is 0.458. The van der Waals surface area contributed by atoms with Gasteiger partial charge in [0.2, 0.25) is 0 Å². The molecule has 14 heavy (non-hydrogen) atoms. The van der Waals surface area contributed by atoms with E-state index < -0.39 is 9.84 Å². The van der Waals surface area contributed by atoms with Crippen LogP contribution in [0.1, 0.15) is 13.3 Å². The predicted octanol–water partition coefficient (Wildman–Crippen LogP) is 2.23. The molecule has 3 nitrogen and oxygen atoms in total. The van der Waals surface area contributed by atoms with Gasteiger partial charge in [0.1, 0.15) is 10.6 Å². The fraction of sp³-hybridized carbons (Fsp3) is 0.333. The number of aromatic hydroxyl groups is 1. The highest BCUT2D eigenvalue weighted by molar-refractivity contribution is 7.91. The first kappa shape index (κ1) is 11.3. The predicted molar refractivity (Wildman–Crippen MR) is 55.5 cm³/mol. The van der Waals surface area contributed by atoms with Crippen LogP contribution in [0.4, 0.5) is 0 Å². The summed E-state index contributed by atoms with van der Waals surface area (Å²) in [6.45, 7) is 1.76. The zero-order valence-electron chi connectivity index (χ0n) is 7.70. The molecule has 0 heterocycles. The van der Waals surface area contributed by atoms with Gasteiger partial charge in [0, 0.05) is 5.02 Å². The molecule has 0 radical (unpaired) electrons. The Labute approximate surface area is 88.2 Å². The van der Waals surface area contributed by atoms with E-state index in [2.05, 4.69) is 0 Å². The summed E-state index contributed by atoms with van der Waals surface area (Å²) in [6.07, 6.45) is 0.508. The molecule has 0 aliphatic rings. The van der Waals surface area contributed by atoms with Crippen molar-refractivity contribution in [2.24, 2.45) is 0 Å². The van der Waals surface area contributed by atoms with Gasteiger partial charge in [-0.1, -0.05) is 18.5 Å². The van der Waals surface area contributed by atoms with E-state index in [-0.39, 0.29) is 16.4 Å². The van der Waals surface area contributed by atoms with E-state index in [4.69, 9.17) is 11.6 Å². The van der Waals surface area contributed by atoms with Crippen molar-refractivity contribution >= 4 is 21.4 Å². The molecule has 1 rings (SSSR count). The maximum absolute atomic E-state index is 11.6. The topological polar surface area (TPSA) is 54.4 Å². The van der Waals surface area contributed by atoms with Crippen molar-refractivity contribution in [1.29, 1.82) is 0 Å². The van der Waals surface area contributed by atoms with Crippen molar-refractivity contribution in [1.82, 2.24) is 0 Å². The molecule has 0 spiro atoms. The molecule has 0 unspecified atom stereocenters. The van der Waals surface area contributed by atoms with Crippen molar-refractivity contribution < 1.29 is 13.5 Å². The fourth-order valence-corrected chi connectivity index (χ4v) is 2.80. The second kappa shape index (κ2) is 4.19. The number of rotatable bonds is 3. The van der Waals surface area contributed by atoms with Gasteiger partial charge in [0.15, 0.2) is 9.84 Å². The molecule has 78 valence electrons. The summed E-state index contributed by atoms with van der Waals surface area (Å²) >= 11 is 5.65. The summed E-state index contributed by atoms with van der Waals surface area (Å²) in [7, 11) is -3.40. The Morgan fingerprint density at radius 1 is 1.43 bits per heavy atom. The van der Waals surface area contributed by atoms with Gasteiger partial charge in [-0.2, -0.15) is 0 Å². The minimum atomic E-state index is -3.40. The first-order chi connectivity index (χ1) is 6.47. The van der Waals surface area contributed by atoms with Crippen LogP contribution in [0.5, 0.6) is 5.75 Å². The molecule has 0 amide bonds. The molecule has 0 bridgehead atoms. The van der Waals surface area contributed by atoms with E-state index in [0.29, 0.717) is 11.4 Å². The van der Waals surface area contributed by atoms with E-state index in [9.17, 15) is 13.5 Å².